The molecule has 0 amide bonds. The van der Waals surface area contributed by atoms with E-state index in [0.717, 1.165) is 19.3 Å². The summed E-state index contributed by atoms with van der Waals surface area (Å²) in [5.41, 5.74) is 2.80. The average molecular weight is 264 g/mol. The Morgan fingerprint density at radius 1 is 1.56 bits per heavy atom. The predicted octanol–water partition coefficient (Wildman–Crippen LogP) is 5.09. The Kier molecular flexibility index (Phi) is 5.61. The highest BCUT2D eigenvalue weighted by atomic mass is 28.4. The zero-order valence-corrected chi connectivity index (χ0v) is 13.5. The lowest BCUT2D eigenvalue weighted by Crippen LogP contribution is -2.33. The van der Waals surface area contributed by atoms with Crippen LogP contribution >= 0.6 is 0 Å². The second-order valence-corrected chi connectivity index (χ2v) is 10.8. The summed E-state index contributed by atoms with van der Waals surface area (Å²) >= 11 is 0. The van der Waals surface area contributed by atoms with Gasteiger partial charge in [-0.25, -0.2) is 0 Å². The normalized spacial score (nSPS) is 22.2. The first-order valence-electron chi connectivity index (χ1n) is 6.96. The number of hydrogen-bond acceptors (Lipinski definition) is 1. The molecular weight excluding hydrogens is 236 g/mol. The molecule has 0 aromatic carbocycles. The summed E-state index contributed by atoms with van der Waals surface area (Å²) in [6, 6.07) is 0. The summed E-state index contributed by atoms with van der Waals surface area (Å²) in [5, 5.41) is 0. The van der Waals surface area contributed by atoms with Crippen molar-refractivity contribution in [2.45, 2.75) is 58.4 Å². The van der Waals surface area contributed by atoms with Crippen LogP contribution < -0.4 is 0 Å². The minimum Gasteiger partial charge on any atom is -0.411 e. The standard InChI is InChI=1S/C16H28OSi/c1-7-8-16(17-18(4,5)6)15-11-9-14(10-12-15)13(2)3/h7,11,14,16H,1-2,8-10,12H2,3-6H3. The molecule has 2 unspecified atom stereocenters. The topological polar surface area (TPSA) is 9.23 Å². The third-order valence-electron chi connectivity index (χ3n) is 3.43. The molecule has 2 atom stereocenters. The van der Waals surface area contributed by atoms with E-state index in [-0.39, 0.29) is 6.10 Å². The highest BCUT2D eigenvalue weighted by Gasteiger charge is 2.25. The average Bonchev–Trinajstić information content (AvgIpc) is 2.27. The Balaban J connectivity index is 2.70. The number of allylic oxidation sites excluding steroid dienone is 2. The van der Waals surface area contributed by atoms with Crippen LogP contribution in [0.25, 0.3) is 0 Å². The Bertz CT molecular complexity index is 335. The highest BCUT2D eigenvalue weighted by molar-refractivity contribution is 6.69. The summed E-state index contributed by atoms with van der Waals surface area (Å²) in [4.78, 5) is 0. The Labute approximate surface area is 114 Å². The fourth-order valence-corrected chi connectivity index (χ4v) is 3.55. The summed E-state index contributed by atoms with van der Waals surface area (Å²) in [7, 11) is -1.49. The molecule has 0 N–H and O–H groups in total. The van der Waals surface area contributed by atoms with Crippen LogP contribution in [0.2, 0.25) is 19.6 Å². The van der Waals surface area contributed by atoms with E-state index in [4.69, 9.17) is 4.43 Å². The van der Waals surface area contributed by atoms with Crippen LogP contribution in [0, 0.1) is 5.92 Å². The molecule has 0 aromatic rings. The number of rotatable bonds is 6. The molecule has 0 heterocycles. The lowest BCUT2D eigenvalue weighted by Gasteiger charge is -2.31. The van der Waals surface area contributed by atoms with Gasteiger partial charge in [-0.1, -0.05) is 24.3 Å². The van der Waals surface area contributed by atoms with Gasteiger partial charge in [0.05, 0.1) is 6.10 Å². The minimum absolute atomic E-state index is 0.264. The fraction of sp³-hybridized carbons (Fsp3) is 0.625. The van der Waals surface area contributed by atoms with Gasteiger partial charge < -0.3 is 4.43 Å². The van der Waals surface area contributed by atoms with Gasteiger partial charge in [0, 0.05) is 0 Å². The molecule has 0 saturated heterocycles. The van der Waals surface area contributed by atoms with E-state index in [9.17, 15) is 0 Å². The molecule has 0 fully saturated rings. The molecule has 102 valence electrons. The van der Waals surface area contributed by atoms with Crippen LogP contribution in [0.1, 0.15) is 32.6 Å². The van der Waals surface area contributed by atoms with Gasteiger partial charge in [0.15, 0.2) is 8.32 Å². The van der Waals surface area contributed by atoms with Gasteiger partial charge >= 0.3 is 0 Å². The van der Waals surface area contributed by atoms with Gasteiger partial charge in [0.1, 0.15) is 0 Å². The molecule has 18 heavy (non-hydrogen) atoms. The van der Waals surface area contributed by atoms with Crippen molar-refractivity contribution in [3.8, 4) is 0 Å². The van der Waals surface area contributed by atoms with Crippen molar-refractivity contribution < 1.29 is 4.43 Å². The third-order valence-corrected chi connectivity index (χ3v) is 4.42. The number of hydrogen-bond donors (Lipinski definition) is 0. The van der Waals surface area contributed by atoms with E-state index in [1.807, 2.05) is 6.08 Å². The second-order valence-electron chi connectivity index (χ2n) is 6.34. The van der Waals surface area contributed by atoms with Crippen LogP contribution in [0.15, 0.2) is 36.5 Å². The van der Waals surface area contributed by atoms with Gasteiger partial charge in [0.25, 0.3) is 0 Å². The molecule has 0 saturated carbocycles. The first kappa shape index (κ1) is 15.5. The monoisotopic (exact) mass is 264 g/mol. The molecule has 1 aliphatic rings. The molecule has 1 nitrogen and oxygen atoms in total. The molecule has 0 aromatic heterocycles. The first-order chi connectivity index (χ1) is 8.33. The van der Waals surface area contributed by atoms with Crippen molar-refractivity contribution in [2.75, 3.05) is 0 Å². The molecule has 0 radical (unpaired) electrons. The maximum Gasteiger partial charge on any atom is 0.184 e. The first-order valence-corrected chi connectivity index (χ1v) is 10.4. The summed E-state index contributed by atoms with van der Waals surface area (Å²) in [6.07, 6.45) is 9.08. The van der Waals surface area contributed by atoms with E-state index in [0.29, 0.717) is 5.92 Å². The minimum atomic E-state index is -1.49. The van der Waals surface area contributed by atoms with E-state index < -0.39 is 8.32 Å². The van der Waals surface area contributed by atoms with Crippen LogP contribution in [0.4, 0.5) is 0 Å². The Morgan fingerprint density at radius 2 is 2.22 bits per heavy atom. The third kappa shape index (κ3) is 4.95. The van der Waals surface area contributed by atoms with E-state index >= 15 is 0 Å². The van der Waals surface area contributed by atoms with E-state index in [1.54, 1.807) is 0 Å². The van der Waals surface area contributed by atoms with Crippen molar-refractivity contribution in [3.05, 3.63) is 36.5 Å². The highest BCUT2D eigenvalue weighted by Crippen LogP contribution is 2.32. The summed E-state index contributed by atoms with van der Waals surface area (Å²) in [5.74, 6) is 0.671. The van der Waals surface area contributed by atoms with Crippen LogP contribution in [-0.2, 0) is 4.43 Å². The smallest absolute Gasteiger partial charge is 0.184 e. The zero-order valence-electron chi connectivity index (χ0n) is 12.5. The van der Waals surface area contributed by atoms with Gasteiger partial charge in [-0.3, -0.25) is 0 Å². The lowest BCUT2D eigenvalue weighted by molar-refractivity contribution is 0.224. The predicted molar refractivity (Wildman–Crippen MR) is 83.3 cm³/mol. The van der Waals surface area contributed by atoms with Crippen molar-refractivity contribution >= 4 is 8.32 Å². The Morgan fingerprint density at radius 3 is 2.61 bits per heavy atom. The van der Waals surface area contributed by atoms with Crippen molar-refractivity contribution in [2.24, 2.45) is 5.92 Å². The molecular formula is C16H28OSi. The SMILES string of the molecule is C=CCC(O[Si](C)(C)C)C1=CCC(C(=C)C)CC1. The van der Waals surface area contributed by atoms with Gasteiger partial charge in [-0.2, -0.15) is 0 Å². The molecule has 1 rings (SSSR count). The van der Waals surface area contributed by atoms with E-state index in [2.05, 4.69) is 45.8 Å². The lowest BCUT2D eigenvalue weighted by atomic mass is 9.83. The molecule has 0 bridgehead atoms. The molecule has 0 spiro atoms. The van der Waals surface area contributed by atoms with Crippen molar-refractivity contribution in [1.29, 1.82) is 0 Å². The summed E-state index contributed by atoms with van der Waals surface area (Å²) < 4.78 is 6.29. The van der Waals surface area contributed by atoms with Gasteiger partial charge in [-0.05, 0) is 63.7 Å². The van der Waals surface area contributed by atoms with Crippen LogP contribution in [0.3, 0.4) is 0 Å². The molecule has 0 aliphatic heterocycles. The van der Waals surface area contributed by atoms with Crippen LogP contribution in [0.5, 0.6) is 0 Å². The second kappa shape index (κ2) is 6.53. The zero-order chi connectivity index (χ0) is 13.8. The Hall–Kier alpha value is -0.603. The molecule has 2 heteroatoms. The quantitative estimate of drug-likeness (QED) is 0.480. The van der Waals surface area contributed by atoms with Gasteiger partial charge in [0.2, 0.25) is 0 Å². The van der Waals surface area contributed by atoms with Crippen molar-refractivity contribution in [3.63, 3.8) is 0 Å². The van der Waals surface area contributed by atoms with Crippen molar-refractivity contribution in [1.82, 2.24) is 0 Å². The van der Waals surface area contributed by atoms with Crippen LogP contribution in [-0.4, -0.2) is 14.4 Å². The maximum atomic E-state index is 6.29. The fourth-order valence-electron chi connectivity index (χ4n) is 2.45. The molecule has 1 aliphatic carbocycles. The summed E-state index contributed by atoms with van der Waals surface area (Å²) in [6.45, 7) is 16.8. The maximum absolute atomic E-state index is 6.29. The largest absolute Gasteiger partial charge is 0.411 e. The van der Waals surface area contributed by atoms with E-state index in [1.165, 1.54) is 17.6 Å². The van der Waals surface area contributed by atoms with Gasteiger partial charge in [-0.15, -0.1) is 6.58 Å².